The van der Waals surface area contributed by atoms with E-state index in [1.807, 2.05) is 26.0 Å². The van der Waals surface area contributed by atoms with Crippen molar-refractivity contribution in [1.29, 1.82) is 0 Å². The number of rotatable bonds is 3. The zero-order valence-corrected chi connectivity index (χ0v) is 15.0. The summed E-state index contributed by atoms with van der Waals surface area (Å²) in [5, 5.41) is 12.9. The van der Waals surface area contributed by atoms with Gasteiger partial charge in [-0.25, -0.2) is 4.98 Å². The number of anilines is 1. The van der Waals surface area contributed by atoms with Crippen LogP contribution in [0.15, 0.2) is 36.5 Å². The van der Waals surface area contributed by atoms with Crippen molar-refractivity contribution in [1.82, 2.24) is 9.88 Å². The van der Waals surface area contributed by atoms with Gasteiger partial charge in [0.2, 0.25) is 5.91 Å². The average Bonchev–Trinajstić information content (AvgIpc) is 2.63. The molecule has 1 aromatic carbocycles. The van der Waals surface area contributed by atoms with E-state index in [-0.39, 0.29) is 29.0 Å². The van der Waals surface area contributed by atoms with E-state index in [9.17, 15) is 14.7 Å². The van der Waals surface area contributed by atoms with Gasteiger partial charge in [0.1, 0.15) is 11.6 Å². The molecule has 0 spiro atoms. The van der Waals surface area contributed by atoms with Gasteiger partial charge >= 0.3 is 0 Å². The van der Waals surface area contributed by atoms with E-state index >= 15 is 0 Å². The predicted octanol–water partition coefficient (Wildman–Crippen LogP) is 2.89. The number of aromatic hydroxyl groups is 1. The van der Waals surface area contributed by atoms with E-state index in [0.717, 1.165) is 24.0 Å². The SMILES string of the molecule is Cc1ccc(C(=O)N2CCCC(C(=O)Nc3ncccc3C)C2)c(O)c1. The maximum absolute atomic E-state index is 12.7. The van der Waals surface area contributed by atoms with E-state index < -0.39 is 0 Å². The van der Waals surface area contributed by atoms with Gasteiger partial charge in [0.05, 0.1) is 11.5 Å². The number of piperidine rings is 1. The Morgan fingerprint density at radius 2 is 2.08 bits per heavy atom. The Kier molecular flexibility index (Phi) is 5.21. The lowest BCUT2D eigenvalue weighted by molar-refractivity contribution is -0.121. The van der Waals surface area contributed by atoms with Crippen molar-refractivity contribution in [2.24, 2.45) is 5.92 Å². The molecular weight excluding hydrogens is 330 g/mol. The molecule has 6 heteroatoms. The van der Waals surface area contributed by atoms with E-state index in [0.29, 0.717) is 18.9 Å². The Morgan fingerprint density at radius 1 is 1.27 bits per heavy atom. The highest BCUT2D eigenvalue weighted by atomic mass is 16.3. The molecule has 2 amide bonds. The molecule has 1 saturated heterocycles. The van der Waals surface area contributed by atoms with Crippen molar-refractivity contribution >= 4 is 17.6 Å². The lowest BCUT2D eigenvalue weighted by Crippen LogP contribution is -2.43. The molecule has 1 unspecified atom stereocenters. The summed E-state index contributed by atoms with van der Waals surface area (Å²) in [6.45, 7) is 4.66. The van der Waals surface area contributed by atoms with Crippen LogP contribution in [0.5, 0.6) is 5.75 Å². The molecule has 0 saturated carbocycles. The number of aromatic nitrogens is 1. The van der Waals surface area contributed by atoms with Crippen molar-refractivity contribution in [2.45, 2.75) is 26.7 Å². The van der Waals surface area contributed by atoms with Gasteiger partial charge in [0.15, 0.2) is 0 Å². The molecule has 2 heterocycles. The summed E-state index contributed by atoms with van der Waals surface area (Å²) in [7, 11) is 0. The number of carbonyl (C=O) groups is 2. The van der Waals surface area contributed by atoms with E-state index in [1.54, 1.807) is 29.3 Å². The van der Waals surface area contributed by atoms with Crippen LogP contribution in [0.3, 0.4) is 0 Å². The molecule has 1 atom stereocenters. The van der Waals surface area contributed by atoms with E-state index in [2.05, 4.69) is 10.3 Å². The number of phenols is 1. The standard InChI is InChI=1S/C20H23N3O3/c1-13-7-8-16(17(24)11-13)20(26)23-10-4-6-15(12-23)19(25)22-18-14(2)5-3-9-21-18/h3,5,7-9,11,15,24H,4,6,10,12H2,1-2H3,(H,21,22,25). The van der Waals surface area contributed by atoms with Gasteiger partial charge in [0.25, 0.3) is 5.91 Å². The molecule has 26 heavy (non-hydrogen) atoms. The van der Waals surface area contributed by atoms with Crippen LogP contribution in [0.4, 0.5) is 5.82 Å². The van der Waals surface area contributed by atoms with Crippen molar-refractivity contribution in [3.63, 3.8) is 0 Å². The number of nitrogens with zero attached hydrogens (tertiary/aromatic N) is 2. The topological polar surface area (TPSA) is 82.5 Å². The van der Waals surface area contributed by atoms with Gasteiger partial charge in [-0.1, -0.05) is 12.1 Å². The van der Waals surface area contributed by atoms with Crippen molar-refractivity contribution in [3.05, 3.63) is 53.2 Å². The predicted molar refractivity (Wildman–Crippen MR) is 99.1 cm³/mol. The van der Waals surface area contributed by atoms with Crippen molar-refractivity contribution in [3.8, 4) is 5.75 Å². The Bertz CT molecular complexity index is 835. The first kappa shape index (κ1) is 17.9. The minimum Gasteiger partial charge on any atom is -0.507 e. The number of pyridine rings is 1. The van der Waals surface area contributed by atoms with Crippen LogP contribution in [0.2, 0.25) is 0 Å². The summed E-state index contributed by atoms with van der Waals surface area (Å²) in [4.78, 5) is 31.2. The molecule has 6 nitrogen and oxygen atoms in total. The molecule has 136 valence electrons. The first-order chi connectivity index (χ1) is 12.5. The molecule has 1 aromatic heterocycles. The third-order valence-electron chi connectivity index (χ3n) is 4.71. The number of hydrogen-bond acceptors (Lipinski definition) is 4. The van der Waals surface area contributed by atoms with Crippen molar-refractivity contribution in [2.75, 3.05) is 18.4 Å². The van der Waals surface area contributed by atoms with E-state index in [1.165, 1.54) is 0 Å². The minimum atomic E-state index is -0.290. The average molecular weight is 353 g/mol. The third kappa shape index (κ3) is 3.85. The maximum Gasteiger partial charge on any atom is 0.257 e. The Hall–Kier alpha value is -2.89. The zero-order valence-electron chi connectivity index (χ0n) is 15.0. The second kappa shape index (κ2) is 7.56. The fourth-order valence-electron chi connectivity index (χ4n) is 3.20. The lowest BCUT2D eigenvalue weighted by atomic mass is 9.96. The quantitative estimate of drug-likeness (QED) is 0.889. The van der Waals surface area contributed by atoms with Gasteiger partial charge < -0.3 is 15.3 Å². The molecular formula is C20H23N3O3. The number of amides is 2. The number of benzene rings is 1. The Morgan fingerprint density at radius 3 is 2.81 bits per heavy atom. The van der Waals surface area contributed by atoms with Crippen LogP contribution in [-0.4, -0.2) is 39.9 Å². The minimum absolute atomic E-state index is 0.0225. The highest BCUT2D eigenvalue weighted by molar-refractivity contribution is 5.98. The highest BCUT2D eigenvalue weighted by Crippen LogP contribution is 2.24. The lowest BCUT2D eigenvalue weighted by Gasteiger charge is -2.32. The van der Waals surface area contributed by atoms with Crippen molar-refractivity contribution < 1.29 is 14.7 Å². The summed E-state index contributed by atoms with van der Waals surface area (Å²) >= 11 is 0. The molecule has 0 bridgehead atoms. The number of likely N-dealkylation sites (tertiary alicyclic amines) is 1. The van der Waals surface area contributed by atoms with Crippen LogP contribution in [0.25, 0.3) is 0 Å². The number of phenolic OH excluding ortho intramolecular Hbond substituents is 1. The molecule has 0 aliphatic carbocycles. The third-order valence-corrected chi connectivity index (χ3v) is 4.71. The fraction of sp³-hybridized carbons (Fsp3) is 0.350. The monoisotopic (exact) mass is 353 g/mol. The van der Waals surface area contributed by atoms with Crippen LogP contribution in [0.1, 0.15) is 34.3 Å². The summed E-state index contributed by atoms with van der Waals surface area (Å²) in [5.41, 5.74) is 2.06. The molecule has 3 rings (SSSR count). The second-order valence-electron chi connectivity index (χ2n) is 6.77. The molecule has 2 N–H and O–H groups in total. The molecule has 1 aliphatic heterocycles. The van der Waals surface area contributed by atoms with Gasteiger partial charge in [-0.2, -0.15) is 0 Å². The zero-order chi connectivity index (χ0) is 18.7. The van der Waals surface area contributed by atoms with Gasteiger partial charge in [-0.3, -0.25) is 9.59 Å². The summed E-state index contributed by atoms with van der Waals surface area (Å²) in [6.07, 6.45) is 3.11. The number of hydrogen-bond donors (Lipinski definition) is 2. The summed E-state index contributed by atoms with van der Waals surface area (Å²) in [5.74, 6) is -0.129. The largest absolute Gasteiger partial charge is 0.507 e. The highest BCUT2D eigenvalue weighted by Gasteiger charge is 2.30. The number of nitrogens with one attached hydrogen (secondary N) is 1. The first-order valence-corrected chi connectivity index (χ1v) is 8.77. The first-order valence-electron chi connectivity index (χ1n) is 8.77. The smallest absolute Gasteiger partial charge is 0.257 e. The summed E-state index contributed by atoms with van der Waals surface area (Å²) < 4.78 is 0. The van der Waals surface area contributed by atoms with E-state index in [4.69, 9.17) is 0 Å². The van der Waals surface area contributed by atoms with Crippen LogP contribution in [-0.2, 0) is 4.79 Å². The second-order valence-corrected chi connectivity index (χ2v) is 6.77. The van der Waals surface area contributed by atoms with Crippen LogP contribution >= 0.6 is 0 Å². The molecule has 1 fully saturated rings. The number of carbonyl (C=O) groups excluding carboxylic acids is 2. The molecule has 0 radical (unpaired) electrons. The maximum atomic E-state index is 12.7. The number of aryl methyl sites for hydroxylation is 2. The van der Waals surface area contributed by atoms with Gasteiger partial charge in [-0.05, 0) is 56.0 Å². The Balaban J connectivity index is 1.69. The van der Waals surface area contributed by atoms with Gasteiger partial charge in [-0.15, -0.1) is 0 Å². The van der Waals surface area contributed by atoms with Gasteiger partial charge in [0, 0.05) is 19.3 Å². The normalized spacial score (nSPS) is 17.0. The van der Waals surface area contributed by atoms with Crippen LogP contribution in [0, 0.1) is 19.8 Å². The van der Waals surface area contributed by atoms with Crippen LogP contribution < -0.4 is 5.32 Å². The Labute approximate surface area is 152 Å². The molecule has 2 aromatic rings. The fourth-order valence-corrected chi connectivity index (χ4v) is 3.20. The summed E-state index contributed by atoms with van der Waals surface area (Å²) in [6, 6.07) is 8.71. The molecule has 1 aliphatic rings.